The molecule has 0 saturated carbocycles. The van der Waals surface area contributed by atoms with E-state index in [9.17, 15) is 0 Å². The molecular formula is C17H21NO2. The van der Waals surface area contributed by atoms with Gasteiger partial charge in [-0.15, -0.1) is 0 Å². The van der Waals surface area contributed by atoms with Crippen LogP contribution in [-0.2, 0) is 6.42 Å². The molecule has 0 aliphatic rings. The van der Waals surface area contributed by atoms with Gasteiger partial charge >= 0.3 is 0 Å². The van der Waals surface area contributed by atoms with Crippen molar-refractivity contribution in [3.63, 3.8) is 0 Å². The number of rotatable bonds is 6. The van der Waals surface area contributed by atoms with Crippen LogP contribution in [0.15, 0.2) is 48.5 Å². The zero-order valence-electron chi connectivity index (χ0n) is 12.2. The Balaban J connectivity index is 1.99. The quantitative estimate of drug-likeness (QED) is 0.868. The summed E-state index contributed by atoms with van der Waals surface area (Å²) in [6.07, 6.45) is 0.946. The van der Waals surface area contributed by atoms with Crippen LogP contribution in [0.1, 0.15) is 12.5 Å². The molecule has 2 aromatic carbocycles. The molecule has 0 fully saturated rings. The lowest BCUT2D eigenvalue weighted by Crippen LogP contribution is -2.18. The van der Waals surface area contributed by atoms with Gasteiger partial charge in [-0.1, -0.05) is 24.3 Å². The number of hydrogen-bond donors (Lipinski definition) is 1. The van der Waals surface area contributed by atoms with Crippen molar-refractivity contribution in [1.29, 1.82) is 0 Å². The Morgan fingerprint density at radius 2 is 1.65 bits per heavy atom. The normalized spacial score (nSPS) is 11.8. The van der Waals surface area contributed by atoms with Crippen LogP contribution in [0.2, 0.25) is 0 Å². The van der Waals surface area contributed by atoms with Crippen molar-refractivity contribution in [1.82, 2.24) is 0 Å². The van der Waals surface area contributed by atoms with Crippen molar-refractivity contribution < 1.29 is 9.47 Å². The number of nitrogens with one attached hydrogen (secondary N) is 1. The van der Waals surface area contributed by atoms with E-state index in [0.29, 0.717) is 6.04 Å². The van der Waals surface area contributed by atoms with E-state index in [1.165, 1.54) is 5.56 Å². The average Bonchev–Trinajstić information content (AvgIpc) is 2.48. The Kier molecular flexibility index (Phi) is 4.88. The molecule has 0 spiro atoms. The minimum Gasteiger partial charge on any atom is -0.497 e. The number of hydrogen-bond acceptors (Lipinski definition) is 3. The fourth-order valence-electron chi connectivity index (χ4n) is 2.20. The third-order valence-corrected chi connectivity index (χ3v) is 3.21. The molecular weight excluding hydrogens is 250 g/mol. The second kappa shape index (κ2) is 6.85. The van der Waals surface area contributed by atoms with E-state index in [1.807, 2.05) is 36.4 Å². The van der Waals surface area contributed by atoms with Gasteiger partial charge < -0.3 is 14.8 Å². The topological polar surface area (TPSA) is 30.5 Å². The summed E-state index contributed by atoms with van der Waals surface area (Å²) in [4.78, 5) is 0. The van der Waals surface area contributed by atoms with Crippen molar-refractivity contribution in [2.24, 2.45) is 0 Å². The zero-order valence-corrected chi connectivity index (χ0v) is 12.2. The standard InChI is InChI=1S/C17H21NO2/c1-13(12-14-8-10-15(19-2)11-9-14)18-16-6-4-5-7-17(16)20-3/h4-11,13,18H,12H2,1-3H3. The highest BCUT2D eigenvalue weighted by atomic mass is 16.5. The highest BCUT2D eigenvalue weighted by Gasteiger charge is 2.07. The fraction of sp³-hybridized carbons (Fsp3) is 0.294. The zero-order chi connectivity index (χ0) is 14.4. The maximum Gasteiger partial charge on any atom is 0.141 e. The highest BCUT2D eigenvalue weighted by Crippen LogP contribution is 2.24. The number of benzene rings is 2. The number of methoxy groups -OCH3 is 2. The molecule has 0 heterocycles. The summed E-state index contributed by atoms with van der Waals surface area (Å²) in [5.74, 6) is 1.76. The van der Waals surface area contributed by atoms with Gasteiger partial charge in [0.15, 0.2) is 0 Å². The van der Waals surface area contributed by atoms with Gasteiger partial charge in [0, 0.05) is 6.04 Å². The molecule has 2 rings (SSSR count). The molecule has 2 aromatic rings. The molecule has 1 unspecified atom stereocenters. The third-order valence-electron chi connectivity index (χ3n) is 3.21. The summed E-state index contributed by atoms with van der Waals surface area (Å²) >= 11 is 0. The molecule has 3 nitrogen and oxygen atoms in total. The van der Waals surface area contributed by atoms with Gasteiger partial charge in [-0.2, -0.15) is 0 Å². The van der Waals surface area contributed by atoms with Crippen molar-refractivity contribution in [3.8, 4) is 11.5 Å². The van der Waals surface area contributed by atoms with E-state index in [1.54, 1.807) is 14.2 Å². The van der Waals surface area contributed by atoms with Crippen LogP contribution in [0.5, 0.6) is 11.5 Å². The van der Waals surface area contributed by atoms with Crippen molar-refractivity contribution in [2.45, 2.75) is 19.4 Å². The summed E-state index contributed by atoms with van der Waals surface area (Å²) < 4.78 is 10.5. The lowest BCUT2D eigenvalue weighted by Gasteiger charge is -2.17. The second-order valence-corrected chi connectivity index (χ2v) is 4.80. The Bertz CT molecular complexity index is 537. The van der Waals surface area contributed by atoms with Crippen molar-refractivity contribution in [3.05, 3.63) is 54.1 Å². The van der Waals surface area contributed by atoms with Gasteiger partial charge in [0.05, 0.1) is 19.9 Å². The highest BCUT2D eigenvalue weighted by molar-refractivity contribution is 5.56. The Labute approximate surface area is 120 Å². The Morgan fingerprint density at radius 3 is 2.30 bits per heavy atom. The first-order valence-corrected chi connectivity index (χ1v) is 6.75. The van der Waals surface area contributed by atoms with E-state index >= 15 is 0 Å². The lowest BCUT2D eigenvalue weighted by molar-refractivity contribution is 0.414. The first kappa shape index (κ1) is 14.3. The molecule has 0 radical (unpaired) electrons. The summed E-state index contributed by atoms with van der Waals surface area (Å²) in [6, 6.07) is 16.5. The van der Waals surface area contributed by atoms with Gasteiger partial charge in [0.1, 0.15) is 11.5 Å². The lowest BCUT2D eigenvalue weighted by atomic mass is 10.1. The summed E-state index contributed by atoms with van der Waals surface area (Å²) in [7, 11) is 3.37. The molecule has 0 bridgehead atoms. The minimum atomic E-state index is 0.319. The first-order valence-electron chi connectivity index (χ1n) is 6.75. The van der Waals surface area contributed by atoms with E-state index in [0.717, 1.165) is 23.6 Å². The SMILES string of the molecule is COc1ccc(CC(C)Nc2ccccc2OC)cc1. The molecule has 1 atom stereocenters. The minimum absolute atomic E-state index is 0.319. The summed E-state index contributed by atoms with van der Waals surface area (Å²) in [6.45, 7) is 2.16. The Morgan fingerprint density at radius 1 is 0.950 bits per heavy atom. The smallest absolute Gasteiger partial charge is 0.141 e. The molecule has 0 aliphatic carbocycles. The van der Waals surface area contributed by atoms with Gasteiger partial charge in [-0.05, 0) is 43.2 Å². The van der Waals surface area contributed by atoms with Gasteiger partial charge in [-0.25, -0.2) is 0 Å². The van der Waals surface area contributed by atoms with E-state index in [2.05, 4.69) is 24.4 Å². The summed E-state index contributed by atoms with van der Waals surface area (Å²) in [5.41, 5.74) is 2.30. The van der Waals surface area contributed by atoms with Gasteiger partial charge in [0.2, 0.25) is 0 Å². The molecule has 0 aromatic heterocycles. The van der Waals surface area contributed by atoms with Crippen LogP contribution < -0.4 is 14.8 Å². The van der Waals surface area contributed by atoms with Crippen molar-refractivity contribution >= 4 is 5.69 Å². The predicted octanol–water partition coefficient (Wildman–Crippen LogP) is 3.75. The maximum absolute atomic E-state index is 5.35. The van der Waals surface area contributed by atoms with Crippen LogP contribution in [0.25, 0.3) is 0 Å². The van der Waals surface area contributed by atoms with Crippen molar-refractivity contribution in [2.75, 3.05) is 19.5 Å². The largest absolute Gasteiger partial charge is 0.497 e. The molecule has 106 valence electrons. The molecule has 0 saturated heterocycles. The van der Waals surface area contributed by atoms with Crippen LogP contribution in [0, 0.1) is 0 Å². The monoisotopic (exact) mass is 271 g/mol. The van der Waals surface area contributed by atoms with Crippen LogP contribution in [0.3, 0.4) is 0 Å². The predicted molar refractivity (Wildman–Crippen MR) is 82.8 cm³/mol. The molecule has 0 aliphatic heterocycles. The van der Waals surface area contributed by atoms with E-state index in [4.69, 9.17) is 9.47 Å². The fourth-order valence-corrected chi connectivity index (χ4v) is 2.20. The number of anilines is 1. The first-order chi connectivity index (χ1) is 9.72. The van der Waals surface area contributed by atoms with Crippen LogP contribution in [-0.4, -0.2) is 20.3 Å². The molecule has 0 amide bonds. The molecule has 3 heteroatoms. The number of ether oxygens (including phenoxy) is 2. The average molecular weight is 271 g/mol. The summed E-state index contributed by atoms with van der Waals surface area (Å²) in [5, 5.41) is 3.48. The number of para-hydroxylation sites is 2. The van der Waals surface area contributed by atoms with E-state index in [-0.39, 0.29) is 0 Å². The Hall–Kier alpha value is -2.16. The second-order valence-electron chi connectivity index (χ2n) is 4.80. The van der Waals surface area contributed by atoms with Gasteiger partial charge in [-0.3, -0.25) is 0 Å². The molecule has 1 N–H and O–H groups in total. The van der Waals surface area contributed by atoms with Crippen LogP contribution in [0.4, 0.5) is 5.69 Å². The van der Waals surface area contributed by atoms with Crippen LogP contribution >= 0.6 is 0 Å². The van der Waals surface area contributed by atoms with E-state index < -0.39 is 0 Å². The third kappa shape index (κ3) is 3.67. The maximum atomic E-state index is 5.35. The molecule has 20 heavy (non-hydrogen) atoms. The van der Waals surface area contributed by atoms with Gasteiger partial charge in [0.25, 0.3) is 0 Å².